The molecule has 0 saturated heterocycles. The van der Waals surface area contributed by atoms with E-state index in [1.54, 1.807) is 13.8 Å². The SMILES string of the molecule is Cc1ocnc1C(=O)NC(C)c1nnc(C(C)C)o1. The van der Waals surface area contributed by atoms with Gasteiger partial charge in [-0.15, -0.1) is 10.2 Å². The summed E-state index contributed by atoms with van der Waals surface area (Å²) in [6.45, 7) is 7.36. The van der Waals surface area contributed by atoms with Crippen LogP contribution in [-0.2, 0) is 0 Å². The highest BCUT2D eigenvalue weighted by Crippen LogP contribution is 2.17. The van der Waals surface area contributed by atoms with Crippen LogP contribution in [0.1, 0.15) is 60.8 Å². The normalized spacial score (nSPS) is 12.7. The molecular weight excluding hydrogens is 248 g/mol. The highest BCUT2D eigenvalue weighted by molar-refractivity contribution is 5.93. The van der Waals surface area contributed by atoms with Gasteiger partial charge in [-0.25, -0.2) is 4.98 Å². The summed E-state index contributed by atoms with van der Waals surface area (Å²) in [5, 5.41) is 10.6. The van der Waals surface area contributed by atoms with Gasteiger partial charge in [0.1, 0.15) is 11.8 Å². The average Bonchev–Trinajstić information content (AvgIpc) is 2.96. The monoisotopic (exact) mass is 264 g/mol. The number of nitrogens with zero attached hydrogens (tertiary/aromatic N) is 3. The molecule has 1 amide bonds. The van der Waals surface area contributed by atoms with E-state index in [4.69, 9.17) is 8.83 Å². The molecule has 2 aromatic heterocycles. The number of rotatable bonds is 4. The van der Waals surface area contributed by atoms with E-state index in [0.29, 0.717) is 17.5 Å². The van der Waals surface area contributed by atoms with Crippen molar-refractivity contribution in [2.45, 2.75) is 39.7 Å². The molecule has 2 aromatic rings. The molecule has 0 fully saturated rings. The molecule has 0 aromatic carbocycles. The van der Waals surface area contributed by atoms with Crippen LogP contribution in [0.3, 0.4) is 0 Å². The number of carbonyl (C=O) groups is 1. The van der Waals surface area contributed by atoms with Crippen molar-refractivity contribution in [3.63, 3.8) is 0 Å². The molecule has 19 heavy (non-hydrogen) atoms. The van der Waals surface area contributed by atoms with Crippen LogP contribution >= 0.6 is 0 Å². The molecule has 0 bridgehead atoms. The predicted octanol–water partition coefficient (Wildman–Crippen LogP) is 1.98. The highest BCUT2D eigenvalue weighted by Gasteiger charge is 2.20. The van der Waals surface area contributed by atoms with Gasteiger partial charge in [-0.2, -0.15) is 0 Å². The number of carbonyl (C=O) groups excluding carboxylic acids is 1. The number of hydrogen-bond donors (Lipinski definition) is 1. The van der Waals surface area contributed by atoms with Crippen LogP contribution in [0.2, 0.25) is 0 Å². The summed E-state index contributed by atoms with van der Waals surface area (Å²) in [6, 6.07) is -0.386. The maximum atomic E-state index is 11.9. The first-order valence-corrected chi connectivity index (χ1v) is 6.03. The predicted molar refractivity (Wildman–Crippen MR) is 65.5 cm³/mol. The Kier molecular flexibility index (Phi) is 3.64. The minimum Gasteiger partial charge on any atom is -0.448 e. The van der Waals surface area contributed by atoms with Crippen LogP contribution in [0.25, 0.3) is 0 Å². The van der Waals surface area contributed by atoms with Gasteiger partial charge in [0.15, 0.2) is 12.1 Å². The summed E-state index contributed by atoms with van der Waals surface area (Å²) < 4.78 is 10.5. The van der Waals surface area contributed by atoms with E-state index in [1.807, 2.05) is 13.8 Å². The quantitative estimate of drug-likeness (QED) is 0.907. The first kappa shape index (κ1) is 13.3. The van der Waals surface area contributed by atoms with E-state index >= 15 is 0 Å². The molecule has 2 heterocycles. The highest BCUT2D eigenvalue weighted by atomic mass is 16.4. The van der Waals surface area contributed by atoms with E-state index in [-0.39, 0.29) is 23.6 Å². The zero-order valence-corrected chi connectivity index (χ0v) is 11.3. The lowest BCUT2D eigenvalue weighted by molar-refractivity contribution is 0.0928. The molecule has 0 aliphatic heterocycles. The smallest absolute Gasteiger partial charge is 0.274 e. The van der Waals surface area contributed by atoms with Crippen LogP contribution in [0.4, 0.5) is 0 Å². The molecule has 0 radical (unpaired) electrons. The van der Waals surface area contributed by atoms with Crippen molar-refractivity contribution >= 4 is 5.91 Å². The molecular formula is C12H16N4O3. The topological polar surface area (TPSA) is 94.1 Å². The molecule has 0 spiro atoms. The molecule has 1 N–H and O–H groups in total. The molecule has 7 nitrogen and oxygen atoms in total. The lowest BCUT2D eigenvalue weighted by Gasteiger charge is -2.08. The third kappa shape index (κ3) is 2.81. The van der Waals surface area contributed by atoms with E-state index < -0.39 is 0 Å². The van der Waals surface area contributed by atoms with Gasteiger partial charge >= 0.3 is 0 Å². The van der Waals surface area contributed by atoms with Gasteiger partial charge in [-0.05, 0) is 13.8 Å². The number of aromatic nitrogens is 3. The Morgan fingerprint density at radius 2 is 1.95 bits per heavy atom. The van der Waals surface area contributed by atoms with Gasteiger partial charge in [0, 0.05) is 5.92 Å². The summed E-state index contributed by atoms with van der Waals surface area (Å²) >= 11 is 0. The largest absolute Gasteiger partial charge is 0.448 e. The van der Waals surface area contributed by atoms with Gasteiger partial charge < -0.3 is 14.2 Å². The number of oxazole rings is 1. The van der Waals surface area contributed by atoms with E-state index in [9.17, 15) is 4.79 Å². The molecule has 1 unspecified atom stereocenters. The summed E-state index contributed by atoms with van der Waals surface area (Å²) in [7, 11) is 0. The molecule has 0 aliphatic rings. The van der Waals surface area contributed by atoms with Crippen LogP contribution in [0, 0.1) is 6.92 Å². The Labute approximate surface area is 110 Å². The van der Waals surface area contributed by atoms with Crippen molar-refractivity contribution in [2.75, 3.05) is 0 Å². The Morgan fingerprint density at radius 1 is 1.26 bits per heavy atom. The zero-order chi connectivity index (χ0) is 14.0. The van der Waals surface area contributed by atoms with Gasteiger partial charge in [0.2, 0.25) is 11.8 Å². The lowest BCUT2D eigenvalue weighted by atomic mass is 10.2. The van der Waals surface area contributed by atoms with Crippen molar-refractivity contribution in [2.24, 2.45) is 0 Å². The van der Waals surface area contributed by atoms with Gasteiger partial charge in [-0.1, -0.05) is 13.8 Å². The first-order chi connectivity index (χ1) is 8.99. The standard InChI is InChI=1S/C12H16N4O3/c1-6(2)11-15-16-12(19-11)7(3)14-10(17)9-8(4)18-5-13-9/h5-7H,1-4H3,(H,14,17). The number of hydrogen-bond acceptors (Lipinski definition) is 6. The summed E-state index contributed by atoms with van der Waals surface area (Å²) in [5.41, 5.74) is 0.260. The van der Waals surface area contributed by atoms with Gasteiger partial charge in [0.25, 0.3) is 5.91 Å². The fourth-order valence-corrected chi connectivity index (χ4v) is 1.50. The Hall–Kier alpha value is -2.18. The zero-order valence-electron chi connectivity index (χ0n) is 11.3. The minimum absolute atomic E-state index is 0.155. The molecule has 1 atom stereocenters. The minimum atomic E-state index is -0.386. The van der Waals surface area contributed by atoms with Crippen molar-refractivity contribution in [3.05, 3.63) is 29.6 Å². The van der Waals surface area contributed by atoms with E-state index in [1.165, 1.54) is 6.39 Å². The van der Waals surface area contributed by atoms with Gasteiger partial charge in [0.05, 0.1) is 0 Å². The fourth-order valence-electron chi connectivity index (χ4n) is 1.50. The number of aryl methyl sites for hydroxylation is 1. The van der Waals surface area contributed by atoms with Crippen LogP contribution in [0.5, 0.6) is 0 Å². The van der Waals surface area contributed by atoms with E-state index in [2.05, 4.69) is 20.5 Å². The number of amides is 1. The summed E-state index contributed by atoms with van der Waals surface area (Å²) in [6.07, 6.45) is 1.23. The third-order valence-electron chi connectivity index (χ3n) is 2.63. The van der Waals surface area contributed by atoms with Crippen molar-refractivity contribution in [1.82, 2.24) is 20.5 Å². The second-order valence-corrected chi connectivity index (χ2v) is 4.59. The van der Waals surface area contributed by atoms with Crippen LogP contribution < -0.4 is 5.32 Å². The fraction of sp³-hybridized carbons (Fsp3) is 0.500. The second kappa shape index (κ2) is 5.21. The maximum absolute atomic E-state index is 11.9. The second-order valence-electron chi connectivity index (χ2n) is 4.59. The lowest BCUT2D eigenvalue weighted by Crippen LogP contribution is -2.27. The summed E-state index contributed by atoms with van der Waals surface area (Å²) in [4.78, 5) is 15.8. The Morgan fingerprint density at radius 3 is 2.47 bits per heavy atom. The molecule has 102 valence electrons. The average molecular weight is 264 g/mol. The first-order valence-electron chi connectivity index (χ1n) is 6.03. The van der Waals surface area contributed by atoms with Gasteiger partial charge in [-0.3, -0.25) is 4.79 Å². The molecule has 2 rings (SSSR count). The van der Waals surface area contributed by atoms with Crippen molar-refractivity contribution in [1.29, 1.82) is 0 Å². The van der Waals surface area contributed by atoms with Crippen LogP contribution in [-0.4, -0.2) is 21.1 Å². The Balaban J connectivity index is 2.06. The van der Waals surface area contributed by atoms with Crippen molar-refractivity contribution in [3.8, 4) is 0 Å². The number of nitrogens with one attached hydrogen (secondary N) is 1. The maximum Gasteiger partial charge on any atom is 0.274 e. The third-order valence-corrected chi connectivity index (χ3v) is 2.63. The van der Waals surface area contributed by atoms with E-state index in [0.717, 1.165) is 0 Å². The van der Waals surface area contributed by atoms with Crippen LogP contribution in [0.15, 0.2) is 15.2 Å². The Bertz CT molecular complexity index is 573. The molecule has 0 saturated carbocycles. The van der Waals surface area contributed by atoms with Crippen molar-refractivity contribution < 1.29 is 13.6 Å². The molecule has 0 aliphatic carbocycles. The summed E-state index contributed by atoms with van der Waals surface area (Å²) in [5.74, 6) is 1.22. The molecule has 7 heteroatoms.